The first-order valence-electron chi connectivity index (χ1n) is 7.84. The molecule has 0 saturated heterocycles. The average Bonchev–Trinajstić information content (AvgIpc) is 2.41. The molecule has 3 nitrogen and oxygen atoms in total. The molecular weight excluding hydrogens is 282 g/mol. The lowest BCUT2D eigenvalue weighted by atomic mass is 9.97. The lowest BCUT2D eigenvalue weighted by Crippen LogP contribution is -2.23. The summed E-state index contributed by atoms with van der Waals surface area (Å²) in [5.74, 6) is 0.799. The van der Waals surface area contributed by atoms with Crippen molar-refractivity contribution in [3.8, 4) is 0 Å². The quantitative estimate of drug-likeness (QED) is 0.757. The zero-order chi connectivity index (χ0) is 15.9. The van der Waals surface area contributed by atoms with Gasteiger partial charge in [-0.25, -0.2) is 8.42 Å². The lowest BCUT2D eigenvalue weighted by molar-refractivity contribution is 0.492. The molecule has 0 heterocycles. The topological polar surface area (TPSA) is 46.2 Å². The van der Waals surface area contributed by atoms with Crippen LogP contribution in [0.25, 0.3) is 0 Å². The number of sulfone groups is 1. The molecule has 1 aromatic rings. The first-order chi connectivity index (χ1) is 9.83. The number of rotatable bonds is 9. The van der Waals surface area contributed by atoms with Gasteiger partial charge in [0, 0.05) is 18.1 Å². The number of hydrogen-bond acceptors (Lipinski definition) is 3. The maximum Gasteiger partial charge on any atom is 0.147 e. The minimum Gasteiger partial charge on any atom is -0.310 e. The molecule has 1 rings (SSSR count). The summed E-state index contributed by atoms with van der Waals surface area (Å²) in [6.45, 7) is 7.47. The highest BCUT2D eigenvalue weighted by Crippen LogP contribution is 2.22. The standard InChI is InChI=1S/C17H29NO2S/c1-5-12-18-17(7-6-13-21(4,19)20)16-10-8-15(9-11-16)14(2)3/h8-11,14,17-18H,5-7,12-13H2,1-4H3. The van der Waals surface area contributed by atoms with E-state index in [9.17, 15) is 8.42 Å². The summed E-state index contributed by atoms with van der Waals surface area (Å²) >= 11 is 0. The van der Waals surface area contributed by atoms with Gasteiger partial charge < -0.3 is 5.32 Å². The van der Waals surface area contributed by atoms with E-state index in [-0.39, 0.29) is 11.8 Å². The van der Waals surface area contributed by atoms with E-state index in [1.807, 2.05) is 0 Å². The van der Waals surface area contributed by atoms with Crippen LogP contribution in [0.15, 0.2) is 24.3 Å². The van der Waals surface area contributed by atoms with Crippen LogP contribution in [0.5, 0.6) is 0 Å². The minimum atomic E-state index is -2.87. The van der Waals surface area contributed by atoms with Gasteiger partial charge in [-0.2, -0.15) is 0 Å². The van der Waals surface area contributed by atoms with E-state index in [0.29, 0.717) is 12.3 Å². The second-order valence-corrected chi connectivity index (χ2v) is 8.36. The maximum absolute atomic E-state index is 11.3. The first kappa shape index (κ1) is 18.2. The van der Waals surface area contributed by atoms with Crippen LogP contribution < -0.4 is 5.32 Å². The molecule has 4 heteroatoms. The summed E-state index contributed by atoms with van der Waals surface area (Å²) in [6, 6.07) is 8.94. The molecule has 1 unspecified atom stereocenters. The zero-order valence-corrected chi connectivity index (χ0v) is 14.5. The van der Waals surface area contributed by atoms with Gasteiger partial charge in [0.05, 0.1) is 0 Å². The number of benzene rings is 1. The van der Waals surface area contributed by atoms with Crippen LogP contribution in [0.4, 0.5) is 0 Å². The Balaban J connectivity index is 2.71. The van der Waals surface area contributed by atoms with Crippen LogP contribution in [0.2, 0.25) is 0 Å². The molecule has 0 aromatic heterocycles. The molecule has 0 aliphatic carbocycles. The van der Waals surface area contributed by atoms with Gasteiger partial charge in [-0.1, -0.05) is 45.0 Å². The molecule has 0 spiro atoms. The van der Waals surface area contributed by atoms with E-state index >= 15 is 0 Å². The normalized spacial score (nSPS) is 13.6. The Hall–Kier alpha value is -0.870. The molecule has 1 atom stereocenters. The van der Waals surface area contributed by atoms with Crippen molar-refractivity contribution >= 4 is 9.84 Å². The SMILES string of the molecule is CCCNC(CCCS(C)(=O)=O)c1ccc(C(C)C)cc1. The third-order valence-electron chi connectivity index (χ3n) is 3.65. The molecule has 0 bridgehead atoms. The molecule has 120 valence electrons. The Morgan fingerprint density at radius 1 is 1.10 bits per heavy atom. The van der Waals surface area contributed by atoms with Gasteiger partial charge >= 0.3 is 0 Å². The molecule has 1 aromatic carbocycles. The van der Waals surface area contributed by atoms with E-state index in [2.05, 4.69) is 50.4 Å². The van der Waals surface area contributed by atoms with E-state index < -0.39 is 9.84 Å². The Bertz CT molecular complexity index is 506. The highest BCUT2D eigenvalue weighted by atomic mass is 32.2. The summed E-state index contributed by atoms with van der Waals surface area (Å²) < 4.78 is 22.5. The van der Waals surface area contributed by atoms with Crippen LogP contribution in [0.1, 0.15) is 63.1 Å². The third-order valence-corrected chi connectivity index (χ3v) is 4.68. The van der Waals surface area contributed by atoms with Gasteiger partial charge in [0.2, 0.25) is 0 Å². The van der Waals surface area contributed by atoms with Crippen molar-refractivity contribution in [1.82, 2.24) is 5.32 Å². The van der Waals surface area contributed by atoms with Gasteiger partial charge in [0.1, 0.15) is 9.84 Å². The third kappa shape index (κ3) is 7.09. The molecule has 0 radical (unpaired) electrons. The van der Waals surface area contributed by atoms with Crippen molar-refractivity contribution in [3.05, 3.63) is 35.4 Å². The van der Waals surface area contributed by atoms with Gasteiger partial charge in [-0.3, -0.25) is 0 Å². The van der Waals surface area contributed by atoms with Gasteiger partial charge in [0.15, 0.2) is 0 Å². The van der Waals surface area contributed by atoms with Gasteiger partial charge in [0.25, 0.3) is 0 Å². The molecule has 0 amide bonds. The average molecular weight is 311 g/mol. The van der Waals surface area contributed by atoms with Crippen molar-refractivity contribution in [2.75, 3.05) is 18.6 Å². The second-order valence-electron chi connectivity index (χ2n) is 6.10. The summed E-state index contributed by atoms with van der Waals surface area (Å²) in [5, 5.41) is 3.53. The minimum absolute atomic E-state index is 0.243. The van der Waals surface area contributed by atoms with Crippen molar-refractivity contribution < 1.29 is 8.42 Å². The smallest absolute Gasteiger partial charge is 0.147 e. The van der Waals surface area contributed by atoms with Crippen molar-refractivity contribution in [1.29, 1.82) is 0 Å². The molecule has 0 aliphatic heterocycles. The maximum atomic E-state index is 11.3. The van der Waals surface area contributed by atoms with E-state index in [1.165, 1.54) is 17.4 Å². The van der Waals surface area contributed by atoms with Crippen LogP contribution in [0.3, 0.4) is 0 Å². The Morgan fingerprint density at radius 2 is 1.67 bits per heavy atom. The van der Waals surface area contributed by atoms with Crippen LogP contribution in [-0.4, -0.2) is 27.0 Å². The summed E-state index contributed by atoms with van der Waals surface area (Å²) in [5.41, 5.74) is 2.59. The number of nitrogens with one attached hydrogen (secondary N) is 1. The first-order valence-corrected chi connectivity index (χ1v) is 9.90. The fourth-order valence-corrected chi connectivity index (χ4v) is 3.06. The van der Waals surface area contributed by atoms with Crippen LogP contribution in [0, 0.1) is 0 Å². The highest BCUT2D eigenvalue weighted by Gasteiger charge is 2.12. The van der Waals surface area contributed by atoms with Crippen LogP contribution in [-0.2, 0) is 9.84 Å². The molecule has 21 heavy (non-hydrogen) atoms. The molecule has 0 fully saturated rings. The van der Waals surface area contributed by atoms with Crippen molar-refractivity contribution in [2.24, 2.45) is 0 Å². The fourth-order valence-electron chi connectivity index (χ4n) is 2.37. The summed E-state index contributed by atoms with van der Waals surface area (Å²) in [4.78, 5) is 0. The van der Waals surface area contributed by atoms with Crippen molar-refractivity contribution in [2.45, 2.75) is 52.0 Å². The fraction of sp³-hybridized carbons (Fsp3) is 0.647. The van der Waals surface area contributed by atoms with Crippen molar-refractivity contribution in [3.63, 3.8) is 0 Å². The van der Waals surface area contributed by atoms with Gasteiger partial charge in [-0.05, 0) is 42.9 Å². The Morgan fingerprint density at radius 3 is 2.14 bits per heavy atom. The molecule has 1 N–H and O–H groups in total. The highest BCUT2D eigenvalue weighted by molar-refractivity contribution is 7.90. The number of hydrogen-bond donors (Lipinski definition) is 1. The lowest BCUT2D eigenvalue weighted by Gasteiger charge is -2.19. The van der Waals surface area contributed by atoms with Gasteiger partial charge in [-0.15, -0.1) is 0 Å². The molecular formula is C17H29NO2S. The second kappa shape index (κ2) is 8.54. The molecule has 0 aliphatic rings. The van der Waals surface area contributed by atoms with E-state index in [1.54, 1.807) is 0 Å². The zero-order valence-electron chi connectivity index (χ0n) is 13.7. The Labute approximate surface area is 130 Å². The molecule has 0 saturated carbocycles. The predicted octanol–water partition coefficient (Wildman–Crippen LogP) is 3.68. The van der Waals surface area contributed by atoms with Crippen LogP contribution >= 0.6 is 0 Å². The van der Waals surface area contributed by atoms with E-state index in [4.69, 9.17) is 0 Å². The Kier molecular flexibility index (Phi) is 7.40. The monoisotopic (exact) mass is 311 g/mol. The largest absolute Gasteiger partial charge is 0.310 e. The van der Waals surface area contributed by atoms with E-state index in [0.717, 1.165) is 19.4 Å². The summed E-state index contributed by atoms with van der Waals surface area (Å²) in [6.07, 6.45) is 3.94. The summed E-state index contributed by atoms with van der Waals surface area (Å²) in [7, 11) is -2.87. The predicted molar refractivity (Wildman–Crippen MR) is 90.5 cm³/mol.